The molecule has 1 heterocycles. The lowest BCUT2D eigenvalue weighted by atomic mass is 10.00. The topological polar surface area (TPSA) is 99.1 Å². The van der Waals surface area contributed by atoms with E-state index in [1.54, 1.807) is 6.07 Å². The van der Waals surface area contributed by atoms with Crippen molar-refractivity contribution in [1.29, 1.82) is 0 Å². The molecular weight excluding hydrogens is 375 g/mol. The number of nitrogens with zero attached hydrogens (tertiary/aromatic N) is 2. The second-order valence-corrected chi connectivity index (χ2v) is 7.49. The highest BCUT2D eigenvalue weighted by molar-refractivity contribution is 5.94. The first kappa shape index (κ1) is 20.8. The maximum absolute atomic E-state index is 13.6. The average molecular weight is 402 g/mol. The molecule has 156 valence electrons. The summed E-state index contributed by atoms with van der Waals surface area (Å²) in [5, 5.41) is 2.60. The molecule has 3 rings (SSSR count). The van der Waals surface area contributed by atoms with E-state index in [1.807, 2.05) is 13.8 Å². The molecule has 2 aromatic rings. The van der Waals surface area contributed by atoms with Crippen molar-refractivity contribution < 1.29 is 9.18 Å². The Bertz CT molecular complexity index is 1040. The lowest BCUT2D eigenvalue weighted by Gasteiger charge is -2.17. The van der Waals surface area contributed by atoms with Gasteiger partial charge in [0.1, 0.15) is 17.3 Å². The molecule has 1 saturated carbocycles. The summed E-state index contributed by atoms with van der Waals surface area (Å²) in [6.07, 6.45) is 3.22. The second-order valence-electron chi connectivity index (χ2n) is 7.49. The Balaban J connectivity index is 1.92. The van der Waals surface area contributed by atoms with E-state index >= 15 is 0 Å². The predicted molar refractivity (Wildman–Crippen MR) is 111 cm³/mol. The van der Waals surface area contributed by atoms with Gasteiger partial charge in [0.2, 0.25) is 5.91 Å². The summed E-state index contributed by atoms with van der Waals surface area (Å²) in [4.78, 5) is 38.0. The normalized spacial score (nSPS) is 13.5. The lowest BCUT2D eigenvalue weighted by Crippen LogP contribution is -2.43. The van der Waals surface area contributed by atoms with Crippen LogP contribution in [0.2, 0.25) is 0 Å². The molecule has 1 aromatic carbocycles. The number of hydrogen-bond acceptors (Lipinski definition) is 4. The molecule has 0 bridgehead atoms. The van der Waals surface area contributed by atoms with E-state index in [-0.39, 0.29) is 36.2 Å². The number of nitrogens with two attached hydrogens (primary N) is 1. The number of rotatable bonds is 8. The molecule has 3 N–H and O–H groups in total. The Labute approximate surface area is 168 Å². The Morgan fingerprint density at radius 3 is 2.45 bits per heavy atom. The van der Waals surface area contributed by atoms with Gasteiger partial charge in [-0.15, -0.1) is 0 Å². The Kier molecular flexibility index (Phi) is 6.20. The highest BCUT2D eigenvalue weighted by atomic mass is 19.1. The van der Waals surface area contributed by atoms with E-state index in [4.69, 9.17) is 5.73 Å². The SMILES string of the molecule is CCCn1c(N)c(NC(=O)Cc2ccc(F)cc2C2CC2)c(=O)n(CCC)c1=O. The van der Waals surface area contributed by atoms with Crippen molar-refractivity contribution in [2.45, 2.75) is 65.0 Å². The largest absolute Gasteiger partial charge is 0.383 e. The van der Waals surface area contributed by atoms with Gasteiger partial charge in [-0.2, -0.15) is 0 Å². The molecule has 0 unspecified atom stereocenters. The van der Waals surface area contributed by atoms with Crippen LogP contribution < -0.4 is 22.3 Å². The smallest absolute Gasteiger partial charge is 0.332 e. The molecule has 0 spiro atoms. The fraction of sp³-hybridized carbons (Fsp3) is 0.476. The van der Waals surface area contributed by atoms with Crippen LogP contribution in [0.4, 0.5) is 15.9 Å². The van der Waals surface area contributed by atoms with Crippen LogP contribution in [-0.2, 0) is 24.3 Å². The molecular formula is C21H27FN4O3. The quantitative estimate of drug-likeness (QED) is 0.709. The van der Waals surface area contributed by atoms with Crippen molar-refractivity contribution in [1.82, 2.24) is 9.13 Å². The number of amides is 1. The summed E-state index contributed by atoms with van der Waals surface area (Å²) >= 11 is 0. The van der Waals surface area contributed by atoms with Crippen LogP contribution in [0.15, 0.2) is 27.8 Å². The summed E-state index contributed by atoms with van der Waals surface area (Å²) in [5.74, 6) is -0.502. The van der Waals surface area contributed by atoms with Crippen LogP contribution in [0.5, 0.6) is 0 Å². The molecule has 0 atom stereocenters. The number of hydrogen-bond donors (Lipinski definition) is 2. The number of aromatic nitrogens is 2. The van der Waals surface area contributed by atoms with Gasteiger partial charge < -0.3 is 11.1 Å². The molecule has 1 aliphatic carbocycles. The van der Waals surface area contributed by atoms with Crippen molar-refractivity contribution >= 4 is 17.4 Å². The van der Waals surface area contributed by atoms with Gasteiger partial charge in [0.25, 0.3) is 5.56 Å². The van der Waals surface area contributed by atoms with Gasteiger partial charge in [-0.25, -0.2) is 9.18 Å². The van der Waals surface area contributed by atoms with Gasteiger partial charge in [0, 0.05) is 13.1 Å². The Hall–Kier alpha value is -2.90. The van der Waals surface area contributed by atoms with Gasteiger partial charge in [-0.1, -0.05) is 19.9 Å². The highest BCUT2D eigenvalue weighted by Crippen LogP contribution is 2.42. The molecule has 0 saturated heterocycles. The zero-order valence-electron chi connectivity index (χ0n) is 16.8. The fourth-order valence-electron chi connectivity index (χ4n) is 3.55. The van der Waals surface area contributed by atoms with E-state index in [1.165, 1.54) is 16.7 Å². The monoisotopic (exact) mass is 402 g/mol. The number of nitrogens with one attached hydrogen (secondary N) is 1. The zero-order valence-corrected chi connectivity index (χ0v) is 16.8. The molecule has 7 nitrogen and oxygen atoms in total. The van der Waals surface area contributed by atoms with Crippen molar-refractivity contribution in [2.75, 3.05) is 11.1 Å². The van der Waals surface area contributed by atoms with E-state index in [9.17, 15) is 18.8 Å². The Morgan fingerprint density at radius 2 is 1.83 bits per heavy atom. The van der Waals surface area contributed by atoms with E-state index in [2.05, 4.69) is 5.32 Å². The lowest BCUT2D eigenvalue weighted by molar-refractivity contribution is -0.115. The van der Waals surface area contributed by atoms with E-state index < -0.39 is 17.2 Å². The number of benzene rings is 1. The summed E-state index contributed by atoms with van der Waals surface area (Å²) in [5.41, 5.74) is 6.50. The zero-order chi connectivity index (χ0) is 21.1. The maximum atomic E-state index is 13.6. The minimum Gasteiger partial charge on any atom is -0.383 e. The van der Waals surface area contributed by atoms with Crippen LogP contribution in [0.3, 0.4) is 0 Å². The van der Waals surface area contributed by atoms with Gasteiger partial charge in [0.15, 0.2) is 0 Å². The molecule has 0 aliphatic heterocycles. The van der Waals surface area contributed by atoms with Gasteiger partial charge in [-0.3, -0.25) is 18.7 Å². The van der Waals surface area contributed by atoms with E-state index in [0.29, 0.717) is 19.4 Å². The number of carbonyl (C=O) groups is 1. The number of carbonyl (C=O) groups excluding carboxylic acids is 1. The molecule has 1 aromatic heterocycles. The molecule has 8 heteroatoms. The molecule has 1 aliphatic rings. The van der Waals surface area contributed by atoms with Crippen molar-refractivity contribution in [2.24, 2.45) is 0 Å². The van der Waals surface area contributed by atoms with Gasteiger partial charge in [-0.05, 0) is 54.9 Å². The highest BCUT2D eigenvalue weighted by Gasteiger charge is 2.27. The van der Waals surface area contributed by atoms with Crippen LogP contribution >= 0.6 is 0 Å². The van der Waals surface area contributed by atoms with Crippen LogP contribution in [0.25, 0.3) is 0 Å². The fourth-order valence-corrected chi connectivity index (χ4v) is 3.55. The molecule has 1 amide bonds. The summed E-state index contributed by atoms with van der Waals surface area (Å²) in [6, 6.07) is 4.42. The van der Waals surface area contributed by atoms with E-state index in [0.717, 1.165) is 28.5 Å². The minimum atomic E-state index is -0.600. The third-order valence-corrected chi connectivity index (χ3v) is 5.10. The van der Waals surface area contributed by atoms with Gasteiger partial charge >= 0.3 is 5.69 Å². The van der Waals surface area contributed by atoms with Crippen molar-refractivity contribution in [3.8, 4) is 0 Å². The molecule has 1 fully saturated rings. The third kappa shape index (κ3) is 4.41. The van der Waals surface area contributed by atoms with Crippen LogP contribution in [0.1, 0.15) is 56.6 Å². The van der Waals surface area contributed by atoms with Crippen molar-refractivity contribution in [3.05, 3.63) is 56.0 Å². The minimum absolute atomic E-state index is 0.00563. The predicted octanol–water partition coefficient (Wildman–Crippen LogP) is 2.61. The third-order valence-electron chi connectivity index (χ3n) is 5.10. The maximum Gasteiger partial charge on any atom is 0.332 e. The van der Waals surface area contributed by atoms with Crippen molar-refractivity contribution in [3.63, 3.8) is 0 Å². The Morgan fingerprint density at radius 1 is 1.17 bits per heavy atom. The number of halogens is 1. The molecule has 0 radical (unpaired) electrons. The molecule has 29 heavy (non-hydrogen) atoms. The standard InChI is InChI=1S/C21H27FN4O3/c1-3-9-25-19(23)18(20(28)26(10-4-2)21(25)29)24-17(27)11-14-7-8-15(22)12-16(14)13-5-6-13/h7-8,12-13H,3-6,9-11,23H2,1-2H3,(H,24,27). The first-order valence-electron chi connectivity index (χ1n) is 10.1. The average Bonchev–Trinajstić information content (AvgIpc) is 3.52. The summed E-state index contributed by atoms with van der Waals surface area (Å²) in [7, 11) is 0. The first-order valence-corrected chi connectivity index (χ1v) is 10.1. The second kappa shape index (κ2) is 8.63. The number of anilines is 2. The first-order chi connectivity index (χ1) is 13.9. The number of nitrogen functional groups attached to an aromatic ring is 1. The van der Waals surface area contributed by atoms with Gasteiger partial charge in [0.05, 0.1) is 6.42 Å². The summed E-state index contributed by atoms with van der Waals surface area (Å²) < 4.78 is 16.0. The van der Waals surface area contributed by atoms with Crippen LogP contribution in [0, 0.1) is 5.82 Å². The van der Waals surface area contributed by atoms with Crippen LogP contribution in [-0.4, -0.2) is 15.0 Å². The summed E-state index contributed by atoms with van der Waals surface area (Å²) in [6.45, 7) is 4.35.